The number of aromatic nitrogens is 1. The first-order valence-corrected chi connectivity index (χ1v) is 8.68. The highest BCUT2D eigenvalue weighted by molar-refractivity contribution is 7.89. The molecule has 1 aromatic rings. The van der Waals surface area contributed by atoms with E-state index >= 15 is 0 Å². The molecule has 0 atom stereocenters. The quantitative estimate of drug-likeness (QED) is 0.906. The lowest BCUT2D eigenvalue weighted by Crippen LogP contribution is -2.37. The van der Waals surface area contributed by atoms with Gasteiger partial charge in [0.1, 0.15) is 5.82 Å². The highest BCUT2D eigenvalue weighted by atomic mass is 32.2. The van der Waals surface area contributed by atoms with Gasteiger partial charge in [-0.05, 0) is 31.2 Å². The van der Waals surface area contributed by atoms with E-state index in [4.69, 9.17) is 0 Å². The third-order valence-electron chi connectivity index (χ3n) is 3.67. The summed E-state index contributed by atoms with van der Waals surface area (Å²) in [4.78, 5) is 4.49. The Bertz CT molecular complexity index is 537. The fourth-order valence-corrected chi connectivity index (χ4v) is 3.78. The van der Waals surface area contributed by atoms with Crippen LogP contribution in [0.25, 0.3) is 0 Å². The number of nitrogens with zero attached hydrogens (tertiary/aromatic N) is 2. The molecule has 6 heteroatoms. The first kappa shape index (κ1) is 15.3. The Morgan fingerprint density at radius 3 is 2.75 bits per heavy atom. The van der Waals surface area contributed by atoms with Gasteiger partial charge in [-0.2, -0.15) is 4.31 Å². The largest absolute Gasteiger partial charge is 0.370 e. The molecule has 112 valence electrons. The molecule has 0 saturated carbocycles. The molecule has 2 rings (SSSR count). The topological polar surface area (TPSA) is 62.3 Å². The van der Waals surface area contributed by atoms with Gasteiger partial charge < -0.3 is 5.32 Å². The maximum Gasteiger partial charge on any atom is 0.243 e. The monoisotopic (exact) mass is 297 g/mol. The fraction of sp³-hybridized carbons (Fsp3) is 0.643. The van der Waals surface area contributed by atoms with Crippen LogP contribution in [0.2, 0.25) is 0 Å². The number of pyridine rings is 1. The second kappa shape index (κ2) is 6.54. The molecule has 1 aromatic heterocycles. The van der Waals surface area contributed by atoms with E-state index in [0.29, 0.717) is 29.7 Å². The Hall–Kier alpha value is -1.14. The molecule has 0 bridgehead atoms. The van der Waals surface area contributed by atoms with E-state index in [1.54, 1.807) is 22.6 Å². The zero-order valence-electron chi connectivity index (χ0n) is 12.2. The lowest BCUT2D eigenvalue weighted by Gasteiger charge is -2.29. The highest BCUT2D eigenvalue weighted by Crippen LogP contribution is 2.24. The second-order valence-corrected chi connectivity index (χ2v) is 7.33. The van der Waals surface area contributed by atoms with Crippen LogP contribution in [0.3, 0.4) is 0 Å². The van der Waals surface area contributed by atoms with E-state index in [-0.39, 0.29) is 0 Å². The molecular formula is C14H23N3O2S. The van der Waals surface area contributed by atoms with Gasteiger partial charge in [0.2, 0.25) is 10.0 Å². The molecule has 1 fully saturated rings. The van der Waals surface area contributed by atoms with Crippen LogP contribution < -0.4 is 5.32 Å². The Kier molecular flexibility index (Phi) is 4.99. The third kappa shape index (κ3) is 3.49. The number of hydrogen-bond donors (Lipinski definition) is 1. The molecular weight excluding hydrogens is 274 g/mol. The predicted molar refractivity (Wildman–Crippen MR) is 80.2 cm³/mol. The fourth-order valence-electron chi connectivity index (χ4n) is 2.30. The molecule has 5 nitrogen and oxygen atoms in total. The van der Waals surface area contributed by atoms with E-state index in [1.807, 2.05) is 0 Å². The summed E-state index contributed by atoms with van der Waals surface area (Å²) < 4.78 is 26.8. The first-order valence-electron chi connectivity index (χ1n) is 7.24. The molecule has 20 heavy (non-hydrogen) atoms. The van der Waals surface area contributed by atoms with Gasteiger partial charge in [0.15, 0.2) is 0 Å². The van der Waals surface area contributed by atoms with Crippen molar-refractivity contribution in [3.8, 4) is 0 Å². The third-order valence-corrected chi connectivity index (χ3v) is 5.56. The summed E-state index contributed by atoms with van der Waals surface area (Å²) in [5.41, 5.74) is 0. The number of rotatable bonds is 5. The summed E-state index contributed by atoms with van der Waals surface area (Å²) in [6, 6.07) is 3.20. The number of hydrogen-bond acceptors (Lipinski definition) is 4. The zero-order chi connectivity index (χ0) is 14.6. The van der Waals surface area contributed by atoms with E-state index in [9.17, 15) is 8.42 Å². The molecule has 0 unspecified atom stereocenters. The Morgan fingerprint density at radius 1 is 1.40 bits per heavy atom. The van der Waals surface area contributed by atoms with Gasteiger partial charge in [-0.3, -0.25) is 0 Å². The Balaban J connectivity index is 2.16. The minimum atomic E-state index is -3.38. The van der Waals surface area contributed by atoms with Crippen molar-refractivity contribution in [1.82, 2.24) is 9.29 Å². The van der Waals surface area contributed by atoms with Gasteiger partial charge >= 0.3 is 0 Å². The molecule has 2 heterocycles. The molecule has 0 aliphatic carbocycles. The van der Waals surface area contributed by atoms with E-state index in [2.05, 4.69) is 24.1 Å². The lowest BCUT2D eigenvalue weighted by molar-refractivity contribution is 0.288. The predicted octanol–water partition coefficient (Wildman–Crippen LogP) is 2.32. The summed E-state index contributed by atoms with van der Waals surface area (Å²) in [6.45, 7) is 6.25. The Labute approximate surface area is 121 Å². The van der Waals surface area contributed by atoms with Crippen LogP contribution in [-0.4, -0.2) is 37.3 Å². The van der Waals surface area contributed by atoms with Gasteiger partial charge in [-0.15, -0.1) is 0 Å². The smallest absolute Gasteiger partial charge is 0.243 e. The maximum atomic E-state index is 12.6. The summed E-state index contributed by atoms with van der Waals surface area (Å²) in [5.74, 6) is 1.24. The minimum absolute atomic E-state index is 0.334. The van der Waals surface area contributed by atoms with Crippen molar-refractivity contribution in [2.75, 3.05) is 25.0 Å². The molecule has 1 saturated heterocycles. The molecule has 1 aliphatic rings. The van der Waals surface area contributed by atoms with Gasteiger partial charge in [0.05, 0.1) is 4.90 Å². The molecule has 0 aromatic carbocycles. The van der Waals surface area contributed by atoms with Crippen LogP contribution in [0.4, 0.5) is 5.82 Å². The van der Waals surface area contributed by atoms with Crippen LogP contribution in [0, 0.1) is 5.92 Å². The van der Waals surface area contributed by atoms with Gasteiger partial charge in [-0.1, -0.05) is 13.8 Å². The summed E-state index contributed by atoms with van der Waals surface area (Å²) in [7, 11) is -3.38. The average Bonchev–Trinajstić information content (AvgIpc) is 2.46. The summed E-state index contributed by atoms with van der Waals surface area (Å²) >= 11 is 0. The number of anilines is 1. The summed E-state index contributed by atoms with van der Waals surface area (Å²) in [6.07, 6.45) is 4.40. The number of sulfonamides is 1. The molecule has 0 amide bonds. The van der Waals surface area contributed by atoms with E-state index in [1.165, 1.54) is 0 Å². The standard InChI is InChI=1S/C14H23N3O2S/c1-3-7-15-14-11-13(4-8-16-14)20(18,19)17-9-5-12(2)6-10-17/h4,8,11-12H,3,5-7,9-10H2,1-2H3,(H,15,16). The van der Waals surface area contributed by atoms with Crippen molar-refractivity contribution >= 4 is 15.8 Å². The van der Waals surface area contributed by atoms with Crippen molar-refractivity contribution in [1.29, 1.82) is 0 Å². The van der Waals surface area contributed by atoms with Crippen LogP contribution in [-0.2, 0) is 10.0 Å². The highest BCUT2D eigenvalue weighted by Gasteiger charge is 2.28. The van der Waals surface area contributed by atoms with Crippen molar-refractivity contribution < 1.29 is 8.42 Å². The van der Waals surface area contributed by atoms with Crippen molar-refractivity contribution in [2.24, 2.45) is 5.92 Å². The van der Waals surface area contributed by atoms with Crippen molar-refractivity contribution in [3.05, 3.63) is 18.3 Å². The van der Waals surface area contributed by atoms with Gasteiger partial charge in [0.25, 0.3) is 0 Å². The minimum Gasteiger partial charge on any atom is -0.370 e. The van der Waals surface area contributed by atoms with Crippen LogP contribution in [0.15, 0.2) is 23.2 Å². The van der Waals surface area contributed by atoms with Crippen LogP contribution >= 0.6 is 0 Å². The molecule has 0 radical (unpaired) electrons. The maximum absolute atomic E-state index is 12.6. The first-order chi connectivity index (χ1) is 9.54. The average molecular weight is 297 g/mol. The van der Waals surface area contributed by atoms with Crippen molar-refractivity contribution in [2.45, 2.75) is 38.0 Å². The van der Waals surface area contributed by atoms with Crippen LogP contribution in [0.5, 0.6) is 0 Å². The zero-order valence-corrected chi connectivity index (χ0v) is 13.0. The second-order valence-electron chi connectivity index (χ2n) is 5.39. The van der Waals surface area contributed by atoms with E-state index in [0.717, 1.165) is 25.8 Å². The number of nitrogens with one attached hydrogen (secondary N) is 1. The number of piperidine rings is 1. The molecule has 1 aliphatic heterocycles. The SMILES string of the molecule is CCCNc1cc(S(=O)(=O)N2CCC(C)CC2)ccn1. The van der Waals surface area contributed by atoms with E-state index < -0.39 is 10.0 Å². The Morgan fingerprint density at radius 2 is 2.10 bits per heavy atom. The van der Waals surface area contributed by atoms with Crippen molar-refractivity contribution in [3.63, 3.8) is 0 Å². The lowest BCUT2D eigenvalue weighted by atomic mass is 10.0. The van der Waals surface area contributed by atoms with Crippen LogP contribution in [0.1, 0.15) is 33.1 Å². The van der Waals surface area contributed by atoms with Gasteiger partial charge in [-0.25, -0.2) is 13.4 Å². The normalized spacial score (nSPS) is 18.1. The molecule has 1 N–H and O–H groups in total. The van der Waals surface area contributed by atoms with Gasteiger partial charge in [0, 0.05) is 31.9 Å². The summed E-state index contributed by atoms with van der Waals surface area (Å²) in [5, 5.41) is 3.12. The molecule has 0 spiro atoms.